The van der Waals surface area contributed by atoms with Gasteiger partial charge in [-0.25, -0.2) is 9.36 Å². The lowest BCUT2D eigenvalue weighted by molar-refractivity contribution is -0.0765. The van der Waals surface area contributed by atoms with Gasteiger partial charge in [-0.2, -0.15) is 0 Å². The Labute approximate surface area is 252 Å². The highest BCUT2D eigenvalue weighted by Gasteiger charge is 2.45. The average Bonchev–Trinajstić information content (AvgIpc) is 3.42. The van der Waals surface area contributed by atoms with Crippen LogP contribution in [0.1, 0.15) is 34.9 Å². The molecular weight excluding hydrogens is 591 g/mol. The second-order valence-corrected chi connectivity index (χ2v) is 14.2. The number of ether oxygens (including phenoxy) is 3. The minimum atomic E-state index is -4.03. The molecule has 0 bridgehead atoms. The van der Waals surface area contributed by atoms with Crippen LogP contribution < -0.4 is 16.0 Å². The molecule has 1 fully saturated rings. The normalized spacial score (nSPS) is 20.0. The van der Waals surface area contributed by atoms with Crippen molar-refractivity contribution in [1.29, 1.82) is 0 Å². The molecule has 10 nitrogen and oxygen atoms in total. The third kappa shape index (κ3) is 6.57. The fraction of sp³-hybridized carbons (Fsp3) is 0.290. The lowest BCUT2D eigenvalue weighted by Gasteiger charge is -2.37. The molecule has 1 saturated heterocycles. The molecule has 4 aromatic rings. The molecule has 1 aliphatic rings. The molecule has 4 atom stereocenters. The van der Waals surface area contributed by atoms with E-state index in [0.29, 0.717) is 11.3 Å². The molecule has 43 heavy (non-hydrogen) atoms. The lowest BCUT2D eigenvalue weighted by Crippen LogP contribution is -2.37. The molecule has 3 aromatic carbocycles. The Morgan fingerprint density at radius 2 is 1.56 bits per heavy atom. The summed E-state index contributed by atoms with van der Waals surface area (Å²) in [6.45, 7) is -2.45. The maximum Gasteiger partial charge on any atom is 0.386 e. The zero-order valence-corrected chi connectivity index (χ0v) is 25.6. The van der Waals surface area contributed by atoms with Gasteiger partial charge in [-0.1, -0.05) is 72.8 Å². The number of rotatable bonds is 11. The number of nitrogens with zero attached hydrogens (tertiary/aromatic N) is 1. The van der Waals surface area contributed by atoms with Gasteiger partial charge in [-0.3, -0.25) is 14.3 Å². The molecule has 5 rings (SSSR count). The van der Waals surface area contributed by atoms with Crippen LogP contribution in [0.2, 0.25) is 0 Å². The number of hydrogen-bond donors (Lipinski definition) is 2. The van der Waals surface area contributed by atoms with Crippen molar-refractivity contribution in [3.8, 4) is 5.75 Å². The van der Waals surface area contributed by atoms with Crippen LogP contribution in [0.25, 0.3) is 0 Å². The van der Waals surface area contributed by atoms with Crippen molar-refractivity contribution in [2.24, 2.45) is 0 Å². The van der Waals surface area contributed by atoms with Crippen LogP contribution in [0.15, 0.2) is 101 Å². The van der Waals surface area contributed by atoms with Crippen molar-refractivity contribution in [1.82, 2.24) is 9.55 Å². The van der Waals surface area contributed by atoms with Gasteiger partial charge in [0.05, 0.1) is 19.8 Å². The Balaban J connectivity index is 1.57. The number of H-pyrrole nitrogens is 1. The van der Waals surface area contributed by atoms with Crippen LogP contribution in [0.5, 0.6) is 5.75 Å². The predicted molar refractivity (Wildman–Crippen MR) is 165 cm³/mol. The van der Waals surface area contributed by atoms with Crippen LogP contribution in [-0.4, -0.2) is 46.6 Å². The van der Waals surface area contributed by atoms with Crippen molar-refractivity contribution >= 4 is 18.2 Å². The van der Waals surface area contributed by atoms with Gasteiger partial charge in [0, 0.05) is 30.5 Å². The SMILES string of the molecule is COc1ccc(C(OC[C@H]2O[C@@H](n3cc(C)c(=O)[nH]c3=O)C[C@@H]2SP(=O)(O)OC)(c2ccccc2)c2ccccc2)cc1. The largest absolute Gasteiger partial charge is 0.497 e. The van der Waals surface area contributed by atoms with Crippen LogP contribution in [0.4, 0.5) is 0 Å². The van der Waals surface area contributed by atoms with Gasteiger partial charge in [0.15, 0.2) is 0 Å². The van der Waals surface area contributed by atoms with E-state index in [9.17, 15) is 19.0 Å². The number of hydrogen-bond acceptors (Lipinski definition) is 8. The van der Waals surface area contributed by atoms with E-state index < -0.39 is 41.2 Å². The second kappa shape index (κ2) is 13.1. The van der Waals surface area contributed by atoms with Gasteiger partial charge in [0.1, 0.15) is 17.6 Å². The van der Waals surface area contributed by atoms with Crippen LogP contribution in [-0.2, 0) is 24.2 Å². The van der Waals surface area contributed by atoms with E-state index in [2.05, 4.69) is 4.98 Å². The molecule has 2 N–H and O–H groups in total. The molecule has 0 amide bonds. The highest BCUT2D eigenvalue weighted by molar-refractivity contribution is 8.55. The van der Waals surface area contributed by atoms with E-state index in [4.69, 9.17) is 18.7 Å². The smallest absolute Gasteiger partial charge is 0.386 e. The van der Waals surface area contributed by atoms with E-state index in [1.807, 2.05) is 84.9 Å². The van der Waals surface area contributed by atoms with E-state index >= 15 is 0 Å². The average molecular weight is 625 g/mol. The summed E-state index contributed by atoms with van der Waals surface area (Å²) in [6.07, 6.45) is 0.0930. The number of nitrogens with one attached hydrogen (secondary N) is 1. The van der Waals surface area contributed by atoms with Gasteiger partial charge >= 0.3 is 12.5 Å². The summed E-state index contributed by atoms with van der Waals surface area (Å²) in [4.78, 5) is 37.4. The van der Waals surface area contributed by atoms with Crippen molar-refractivity contribution in [2.45, 2.75) is 36.5 Å². The van der Waals surface area contributed by atoms with Gasteiger partial charge in [-0.15, -0.1) is 0 Å². The molecule has 0 aliphatic carbocycles. The summed E-state index contributed by atoms with van der Waals surface area (Å²) in [5.74, 6) is 0.692. The zero-order chi connectivity index (χ0) is 30.6. The molecule has 226 valence electrons. The van der Waals surface area contributed by atoms with Crippen LogP contribution in [0, 0.1) is 6.92 Å². The number of aryl methyl sites for hydroxylation is 1. The van der Waals surface area contributed by atoms with Gasteiger partial charge in [0.25, 0.3) is 5.56 Å². The highest BCUT2D eigenvalue weighted by Crippen LogP contribution is 2.60. The molecule has 0 spiro atoms. The standard InChI is InChI=1S/C31H33N2O8PS/c1-21-19-33(30(35)32-29(21)34)28-18-27(43-42(36,37)39-3)26(41-28)20-40-31(22-10-6-4-7-11-22,23-12-8-5-9-13-23)24-14-16-25(38-2)17-15-24/h4-17,19,26-28H,18,20H2,1-3H3,(H,36,37)(H,32,34,35)/t26-,27+,28-/m1/s1. The minimum Gasteiger partial charge on any atom is -0.497 e. The number of aromatic amines is 1. The van der Waals surface area contributed by atoms with E-state index in [1.165, 1.54) is 17.9 Å². The molecular formula is C31H33N2O8PS. The first-order chi connectivity index (χ1) is 20.7. The predicted octanol–water partition coefficient (Wildman–Crippen LogP) is 5.00. The number of benzene rings is 3. The summed E-state index contributed by atoms with van der Waals surface area (Å²) in [6, 6.07) is 27.2. The fourth-order valence-corrected chi connectivity index (χ4v) is 8.18. The Morgan fingerprint density at radius 1 is 0.977 bits per heavy atom. The molecule has 0 saturated carbocycles. The Bertz CT molecular complexity index is 1660. The topological polar surface area (TPSA) is 129 Å². The van der Waals surface area contributed by atoms with Gasteiger partial charge in [-0.05, 0) is 47.1 Å². The lowest BCUT2D eigenvalue weighted by atomic mass is 9.80. The molecule has 12 heteroatoms. The third-order valence-corrected chi connectivity index (χ3v) is 11.0. The van der Waals surface area contributed by atoms with Crippen LogP contribution >= 0.6 is 18.2 Å². The summed E-state index contributed by atoms with van der Waals surface area (Å²) >= 11 is 0.752. The van der Waals surface area contributed by atoms with E-state index in [0.717, 1.165) is 28.1 Å². The van der Waals surface area contributed by atoms with Crippen molar-refractivity contribution in [3.63, 3.8) is 0 Å². The van der Waals surface area contributed by atoms with Gasteiger partial charge in [0.2, 0.25) is 0 Å². The first kappa shape index (κ1) is 31.0. The monoisotopic (exact) mass is 624 g/mol. The summed E-state index contributed by atoms with van der Waals surface area (Å²) < 4.78 is 37.6. The quantitative estimate of drug-likeness (QED) is 0.175. The maximum absolute atomic E-state index is 12.7. The Kier molecular flexibility index (Phi) is 9.41. The highest BCUT2D eigenvalue weighted by atomic mass is 32.7. The third-order valence-electron chi connectivity index (χ3n) is 7.46. The molecule has 1 unspecified atom stereocenters. The van der Waals surface area contributed by atoms with Crippen molar-refractivity contribution < 1.29 is 28.2 Å². The maximum atomic E-state index is 12.7. The summed E-state index contributed by atoms with van der Waals surface area (Å²) in [5, 5.41) is -0.583. The first-order valence-corrected chi connectivity index (χ1v) is 16.7. The van der Waals surface area contributed by atoms with E-state index in [-0.39, 0.29) is 13.0 Å². The molecule has 1 aromatic heterocycles. The zero-order valence-electron chi connectivity index (χ0n) is 23.9. The summed E-state index contributed by atoms with van der Waals surface area (Å²) in [5.41, 5.74) is 0.682. The van der Waals surface area contributed by atoms with Gasteiger partial charge < -0.3 is 23.6 Å². The summed E-state index contributed by atoms with van der Waals surface area (Å²) in [7, 11) is 2.77. The molecule has 0 radical (unpaired) electrons. The minimum absolute atomic E-state index is 0.00914. The Hall–Kier alpha value is -3.44. The fourth-order valence-electron chi connectivity index (χ4n) is 5.27. The Morgan fingerprint density at radius 3 is 2.12 bits per heavy atom. The van der Waals surface area contributed by atoms with Crippen molar-refractivity contribution in [2.75, 3.05) is 20.8 Å². The number of methoxy groups -OCH3 is 1. The first-order valence-electron chi connectivity index (χ1n) is 13.6. The molecule has 2 heterocycles. The second-order valence-electron chi connectivity index (χ2n) is 10.1. The number of aromatic nitrogens is 2. The van der Waals surface area contributed by atoms with E-state index in [1.54, 1.807) is 14.0 Å². The van der Waals surface area contributed by atoms with Crippen molar-refractivity contribution in [3.05, 3.63) is 134 Å². The molecule has 1 aliphatic heterocycles. The van der Waals surface area contributed by atoms with Crippen LogP contribution in [0.3, 0.4) is 0 Å².